The van der Waals surface area contributed by atoms with Gasteiger partial charge in [0, 0.05) is 23.4 Å². The van der Waals surface area contributed by atoms with Crippen molar-refractivity contribution in [3.05, 3.63) is 23.8 Å². The number of hydrogen-bond donors (Lipinski definition) is 1. The van der Waals surface area contributed by atoms with Crippen LogP contribution in [0.1, 0.15) is 11.6 Å². The first-order valence-electron chi connectivity index (χ1n) is 5.91. The van der Waals surface area contributed by atoms with Crippen molar-refractivity contribution in [2.24, 2.45) is 5.73 Å². The third-order valence-corrected chi connectivity index (χ3v) is 4.25. The van der Waals surface area contributed by atoms with Crippen molar-refractivity contribution in [1.29, 1.82) is 0 Å². The quantitative estimate of drug-likeness (QED) is 0.854. The van der Waals surface area contributed by atoms with Gasteiger partial charge in [-0.3, -0.25) is 0 Å². The minimum Gasteiger partial charge on any atom is -0.497 e. The Hall–Kier alpha value is -0.910. The molecule has 1 fully saturated rings. The predicted molar refractivity (Wildman–Crippen MR) is 73.5 cm³/mol. The lowest BCUT2D eigenvalue weighted by Gasteiger charge is -2.26. The average molecular weight is 269 g/mol. The summed E-state index contributed by atoms with van der Waals surface area (Å²) in [7, 11) is 3.29. The second-order valence-corrected chi connectivity index (χ2v) is 5.54. The van der Waals surface area contributed by atoms with Crippen LogP contribution >= 0.6 is 11.8 Å². The van der Waals surface area contributed by atoms with Gasteiger partial charge in [0.25, 0.3) is 0 Å². The fourth-order valence-corrected chi connectivity index (χ4v) is 2.81. The molecule has 0 aliphatic carbocycles. The summed E-state index contributed by atoms with van der Waals surface area (Å²) in [5.41, 5.74) is 7.23. The van der Waals surface area contributed by atoms with E-state index in [9.17, 15) is 0 Å². The molecule has 100 valence electrons. The fraction of sp³-hybridized carbons (Fsp3) is 0.538. The van der Waals surface area contributed by atoms with Crippen LogP contribution in [0, 0.1) is 0 Å². The molecule has 0 aromatic heterocycles. The van der Waals surface area contributed by atoms with Crippen LogP contribution < -0.4 is 15.2 Å². The highest BCUT2D eigenvalue weighted by molar-refractivity contribution is 8.00. The normalized spacial score (nSPS) is 17.1. The topological polar surface area (TPSA) is 53.7 Å². The minimum absolute atomic E-state index is 0.0311. The van der Waals surface area contributed by atoms with Gasteiger partial charge in [-0.05, 0) is 6.07 Å². The third-order valence-electron chi connectivity index (χ3n) is 2.96. The number of thioether (sulfide) groups is 1. The molecule has 1 unspecified atom stereocenters. The molecule has 4 nitrogen and oxygen atoms in total. The molecule has 1 aromatic rings. The van der Waals surface area contributed by atoms with E-state index in [0.29, 0.717) is 5.25 Å². The molecule has 1 aliphatic rings. The van der Waals surface area contributed by atoms with Crippen LogP contribution in [0.3, 0.4) is 0 Å². The van der Waals surface area contributed by atoms with E-state index in [4.69, 9.17) is 19.9 Å². The van der Waals surface area contributed by atoms with E-state index in [0.717, 1.165) is 36.0 Å². The Kier molecular flexibility index (Phi) is 4.74. The van der Waals surface area contributed by atoms with Crippen molar-refractivity contribution in [2.45, 2.75) is 11.3 Å². The molecule has 0 amide bonds. The molecule has 0 bridgehead atoms. The predicted octanol–water partition coefficient (Wildman–Crippen LogP) is 1.84. The second kappa shape index (κ2) is 6.31. The summed E-state index contributed by atoms with van der Waals surface area (Å²) in [6, 6.07) is 5.72. The van der Waals surface area contributed by atoms with Gasteiger partial charge in [0.05, 0.1) is 32.7 Å². The van der Waals surface area contributed by atoms with E-state index >= 15 is 0 Å². The molecule has 1 atom stereocenters. The van der Waals surface area contributed by atoms with Gasteiger partial charge in [0.1, 0.15) is 11.5 Å². The molecule has 1 saturated heterocycles. The molecule has 5 heteroatoms. The third kappa shape index (κ3) is 3.10. The largest absolute Gasteiger partial charge is 0.497 e. The van der Waals surface area contributed by atoms with Crippen molar-refractivity contribution in [1.82, 2.24) is 0 Å². The van der Waals surface area contributed by atoms with Crippen LogP contribution in [-0.2, 0) is 4.74 Å². The van der Waals surface area contributed by atoms with Gasteiger partial charge in [-0.25, -0.2) is 0 Å². The summed E-state index contributed by atoms with van der Waals surface area (Å²) in [6.07, 6.45) is 0. The summed E-state index contributed by atoms with van der Waals surface area (Å²) in [5.74, 6) is 2.44. The summed E-state index contributed by atoms with van der Waals surface area (Å²) < 4.78 is 15.7. The molecular weight excluding hydrogens is 250 g/mol. The first-order chi connectivity index (χ1) is 8.74. The van der Waals surface area contributed by atoms with E-state index in [1.807, 2.05) is 30.0 Å². The van der Waals surface area contributed by atoms with E-state index < -0.39 is 0 Å². The highest BCUT2D eigenvalue weighted by atomic mass is 32.2. The van der Waals surface area contributed by atoms with Crippen molar-refractivity contribution >= 4 is 11.8 Å². The highest BCUT2D eigenvalue weighted by Crippen LogP contribution is 2.31. The first kappa shape index (κ1) is 13.5. The van der Waals surface area contributed by atoms with Crippen molar-refractivity contribution in [3.63, 3.8) is 0 Å². The van der Waals surface area contributed by atoms with Crippen LogP contribution in [0.2, 0.25) is 0 Å². The van der Waals surface area contributed by atoms with Crippen molar-refractivity contribution in [2.75, 3.05) is 33.2 Å². The molecule has 18 heavy (non-hydrogen) atoms. The van der Waals surface area contributed by atoms with Gasteiger partial charge in [-0.2, -0.15) is 11.8 Å². The zero-order valence-corrected chi connectivity index (χ0v) is 11.5. The highest BCUT2D eigenvalue weighted by Gasteiger charge is 2.21. The second-order valence-electron chi connectivity index (χ2n) is 4.21. The Morgan fingerprint density at radius 1 is 1.39 bits per heavy atom. The van der Waals surface area contributed by atoms with Crippen LogP contribution in [0.5, 0.6) is 11.5 Å². The van der Waals surface area contributed by atoms with Gasteiger partial charge in [0.2, 0.25) is 0 Å². The summed E-state index contributed by atoms with van der Waals surface area (Å²) in [6.45, 7) is 1.69. The minimum atomic E-state index is -0.0311. The molecule has 0 spiro atoms. The van der Waals surface area contributed by atoms with Crippen molar-refractivity contribution < 1.29 is 14.2 Å². The molecule has 1 heterocycles. The Balaban J connectivity index is 2.00. The maximum absolute atomic E-state index is 6.21. The van der Waals surface area contributed by atoms with Crippen LogP contribution in [0.4, 0.5) is 0 Å². The molecular formula is C13H19NO3S. The Morgan fingerprint density at radius 2 is 2.17 bits per heavy atom. The maximum Gasteiger partial charge on any atom is 0.127 e. The number of benzene rings is 1. The number of methoxy groups -OCH3 is 2. The van der Waals surface area contributed by atoms with Crippen LogP contribution in [0.15, 0.2) is 18.2 Å². The van der Waals surface area contributed by atoms with Gasteiger partial charge < -0.3 is 19.9 Å². The lowest BCUT2D eigenvalue weighted by molar-refractivity contribution is 0.0455. The zero-order chi connectivity index (χ0) is 13.0. The summed E-state index contributed by atoms with van der Waals surface area (Å²) in [5, 5.41) is 0.597. The lowest BCUT2D eigenvalue weighted by Crippen LogP contribution is -2.31. The van der Waals surface area contributed by atoms with Crippen LogP contribution in [0.25, 0.3) is 0 Å². The molecule has 2 rings (SSSR count). The fourth-order valence-electron chi connectivity index (χ4n) is 1.76. The Labute approximate surface area is 112 Å². The molecule has 0 saturated carbocycles. The molecule has 1 aromatic carbocycles. The summed E-state index contributed by atoms with van der Waals surface area (Å²) in [4.78, 5) is 0. The summed E-state index contributed by atoms with van der Waals surface area (Å²) >= 11 is 1.86. The Morgan fingerprint density at radius 3 is 2.72 bits per heavy atom. The van der Waals surface area contributed by atoms with E-state index in [2.05, 4.69) is 0 Å². The van der Waals surface area contributed by atoms with Crippen molar-refractivity contribution in [3.8, 4) is 11.5 Å². The lowest BCUT2D eigenvalue weighted by atomic mass is 10.1. The van der Waals surface area contributed by atoms with Gasteiger partial charge >= 0.3 is 0 Å². The molecule has 2 N–H and O–H groups in total. The average Bonchev–Trinajstić information content (AvgIpc) is 2.35. The SMILES string of the molecule is COc1ccc(C(N)CSC2COC2)c(OC)c1. The Bertz CT molecular complexity index is 396. The molecule has 0 radical (unpaired) electrons. The number of ether oxygens (including phenoxy) is 3. The van der Waals surface area contributed by atoms with E-state index in [-0.39, 0.29) is 6.04 Å². The number of rotatable bonds is 6. The van der Waals surface area contributed by atoms with E-state index in [1.54, 1.807) is 14.2 Å². The van der Waals surface area contributed by atoms with Gasteiger partial charge in [-0.1, -0.05) is 6.07 Å². The van der Waals surface area contributed by atoms with Gasteiger partial charge in [-0.15, -0.1) is 0 Å². The smallest absolute Gasteiger partial charge is 0.127 e. The zero-order valence-electron chi connectivity index (χ0n) is 10.7. The number of hydrogen-bond acceptors (Lipinski definition) is 5. The first-order valence-corrected chi connectivity index (χ1v) is 6.96. The van der Waals surface area contributed by atoms with Crippen LogP contribution in [-0.4, -0.2) is 38.4 Å². The molecule has 1 aliphatic heterocycles. The monoisotopic (exact) mass is 269 g/mol. The van der Waals surface area contributed by atoms with Gasteiger partial charge in [0.15, 0.2) is 0 Å². The number of nitrogens with two attached hydrogens (primary N) is 1. The maximum atomic E-state index is 6.21. The standard InChI is InChI=1S/C13H19NO3S/c1-15-9-3-4-11(13(5-9)16-2)12(14)8-18-10-6-17-7-10/h3-5,10,12H,6-8,14H2,1-2H3. The van der Waals surface area contributed by atoms with E-state index in [1.165, 1.54) is 0 Å².